The molecular weight excluding hydrogens is 142 g/mol. The topological polar surface area (TPSA) is 29.5 Å². The largest absolute Gasteiger partial charge is 0.466 e. The van der Waals surface area contributed by atoms with Gasteiger partial charge in [0.05, 0.1) is 7.11 Å². The lowest BCUT2D eigenvalue weighted by atomic mass is 10.3. The quantitative estimate of drug-likeness (QED) is 0.452. The van der Waals surface area contributed by atoms with Gasteiger partial charge in [-0.3, -0.25) is 0 Å². The molecule has 0 spiro atoms. The number of ether oxygens (including phenoxy) is 1. The van der Waals surface area contributed by atoms with Crippen LogP contribution in [0.15, 0.2) is 12.3 Å². The lowest BCUT2D eigenvalue weighted by molar-refractivity contribution is -0.134. The minimum atomic E-state index is -0.322. The lowest BCUT2D eigenvalue weighted by Crippen LogP contribution is -2.20. The van der Waals surface area contributed by atoms with Gasteiger partial charge in [0, 0.05) is 25.4 Å². The van der Waals surface area contributed by atoms with Crippen molar-refractivity contribution in [1.29, 1.82) is 0 Å². The molecule has 0 atom stereocenters. The molecule has 3 nitrogen and oxygen atoms in total. The van der Waals surface area contributed by atoms with E-state index in [0.717, 1.165) is 0 Å². The summed E-state index contributed by atoms with van der Waals surface area (Å²) >= 11 is 0. The van der Waals surface area contributed by atoms with E-state index in [2.05, 4.69) is 4.74 Å². The molecule has 0 unspecified atom stereocenters. The third-order valence-corrected chi connectivity index (χ3v) is 1.46. The summed E-state index contributed by atoms with van der Waals surface area (Å²) in [5, 5.41) is 0. The van der Waals surface area contributed by atoms with Crippen molar-refractivity contribution in [3.8, 4) is 0 Å². The van der Waals surface area contributed by atoms with Gasteiger partial charge in [-0.05, 0) is 13.8 Å². The summed E-state index contributed by atoms with van der Waals surface area (Å²) in [6.07, 6.45) is 3.11. The first-order valence-electron chi connectivity index (χ1n) is 3.56. The molecule has 0 radical (unpaired) electrons. The van der Waals surface area contributed by atoms with Crippen LogP contribution in [0.2, 0.25) is 0 Å². The minimum absolute atomic E-state index is 0.322. The standard InChI is InChI=1S/C8H15NO2/c1-7(2)9(3)6-5-8(10)11-4/h5-7H,1-4H3. The van der Waals surface area contributed by atoms with Crippen LogP contribution in [0.4, 0.5) is 0 Å². The van der Waals surface area contributed by atoms with Crippen molar-refractivity contribution in [3.63, 3.8) is 0 Å². The second kappa shape index (κ2) is 4.77. The Bertz CT molecular complexity index is 152. The Morgan fingerprint density at radius 2 is 2.09 bits per heavy atom. The highest BCUT2D eigenvalue weighted by Crippen LogP contribution is 1.93. The summed E-state index contributed by atoms with van der Waals surface area (Å²) in [4.78, 5) is 12.5. The van der Waals surface area contributed by atoms with Gasteiger partial charge in [0.25, 0.3) is 0 Å². The van der Waals surface area contributed by atoms with Crippen LogP contribution in [0.5, 0.6) is 0 Å². The summed E-state index contributed by atoms with van der Waals surface area (Å²) in [6, 6.07) is 0.399. The predicted molar refractivity (Wildman–Crippen MR) is 44.1 cm³/mol. The monoisotopic (exact) mass is 157 g/mol. The number of carbonyl (C=O) groups is 1. The first-order valence-corrected chi connectivity index (χ1v) is 3.56. The first-order chi connectivity index (χ1) is 5.07. The van der Waals surface area contributed by atoms with Crippen LogP contribution in [-0.2, 0) is 9.53 Å². The van der Waals surface area contributed by atoms with E-state index in [0.29, 0.717) is 6.04 Å². The van der Waals surface area contributed by atoms with Crippen molar-refractivity contribution >= 4 is 5.97 Å². The smallest absolute Gasteiger partial charge is 0.331 e. The van der Waals surface area contributed by atoms with Gasteiger partial charge in [-0.15, -0.1) is 0 Å². The van der Waals surface area contributed by atoms with Crippen LogP contribution in [0.3, 0.4) is 0 Å². The average Bonchev–Trinajstić information content (AvgIpc) is 1.99. The molecule has 0 aromatic carbocycles. The van der Waals surface area contributed by atoms with Crippen molar-refractivity contribution in [2.75, 3.05) is 14.2 Å². The molecule has 0 aromatic heterocycles. The molecule has 0 saturated carbocycles. The maximum Gasteiger partial charge on any atom is 0.331 e. The summed E-state index contributed by atoms with van der Waals surface area (Å²) in [6.45, 7) is 4.09. The van der Waals surface area contributed by atoms with E-state index < -0.39 is 0 Å². The number of nitrogens with zero attached hydrogens (tertiary/aromatic N) is 1. The van der Waals surface area contributed by atoms with Crippen LogP contribution in [0.25, 0.3) is 0 Å². The number of hydrogen-bond donors (Lipinski definition) is 0. The van der Waals surface area contributed by atoms with Crippen LogP contribution >= 0.6 is 0 Å². The van der Waals surface area contributed by atoms with Crippen molar-refractivity contribution < 1.29 is 9.53 Å². The third kappa shape index (κ3) is 4.42. The van der Waals surface area contributed by atoms with E-state index in [1.165, 1.54) is 13.2 Å². The summed E-state index contributed by atoms with van der Waals surface area (Å²) in [5.41, 5.74) is 0. The first kappa shape index (κ1) is 10.0. The molecular formula is C8H15NO2. The van der Waals surface area contributed by atoms with E-state index in [4.69, 9.17) is 0 Å². The van der Waals surface area contributed by atoms with Crippen LogP contribution in [0, 0.1) is 0 Å². The maximum atomic E-state index is 10.6. The zero-order valence-corrected chi connectivity index (χ0v) is 7.50. The molecule has 0 aliphatic carbocycles. The molecule has 0 amide bonds. The molecule has 3 heteroatoms. The van der Waals surface area contributed by atoms with Crippen molar-refractivity contribution in [2.45, 2.75) is 19.9 Å². The highest BCUT2D eigenvalue weighted by atomic mass is 16.5. The molecule has 0 heterocycles. The second-order valence-corrected chi connectivity index (χ2v) is 2.60. The molecule has 0 aliphatic heterocycles. The average molecular weight is 157 g/mol. The molecule has 0 saturated heterocycles. The number of esters is 1. The van der Waals surface area contributed by atoms with E-state index in [1.807, 2.05) is 25.8 Å². The highest BCUT2D eigenvalue weighted by molar-refractivity contribution is 5.81. The molecule has 0 fully saturated rings. The van der Waals surface area contributed by atoms with Crippen molar-refractivity contribution in [1.82, 2.24) is 4.90 Å². The van der Waals surface area contributed by atoms with Crippen LogP contribution in [-0.4, -0.2) is 31.1 Å². The molecule has 0 N–H and O–H groups in total. The lowest BCUT2D eigenvalue weighted by Gasteiger charge is -2.17. The summed E-state index contributed by atoms with van der Waals surface area (Å²) in [5.74, 6) is -0.322. The summed E-state index contributed by atoms with van der Waals surface area (Å²) < 4.78 is 4.43. The van der Waals surface area contributed by atoms with Gasteiger partial charge in [0.15, 0.2) is 0 Å². The predicted octanol–water partition coefficient (Wildman–Crippen LogP) is 1.01. The normalized spacial score (nSPS) is 10.6. The Balaban J connectivity index is 3.82. The van der Waals surface area contributed by atoms with Crippen molar-refractivity contribution in [2.24, 2.45) is 0 Å². The molecule has 0 rings (SSSR count). The van der Waals surface area contributed by atoms with Gasteiger partial charge in [0.1, 0.15) is 0 Å². The number of carbonyl (C=O) groups excluding carboxylic acids is 1. The van der Waals surface area contributed by atoms with Gasteiger partial charge < -0.3 is 9.64 Å². The fraction of sp³-hybridized carbons (Fsp3) is 0.625. The highest BCUT2D eigenvalue weighted by Gasteiger charge is 1.97. The van der Waals surface area contributed by atoms with Crippen LogP contribution < -0.4 is 0 Å². The van der Waals surface area contributed by atoms with Crippen LogP contribution in [0.1, 0.15) is 13.8 Å². The molecule has 11 heavy (non-hydrogen) atoms. The van der Waals surface area contributed by atoms with E-state index in [1.54, 1.807) is 6.20 Å². The minimum Gasteiger partial charge on any atom is -0.466 e. The van der Waals surface area contributed by atoms with Gasteiger partial charge in [0.2, 0.25) is 0 Å². The van der Waals surface area contributed by atoms with E-state index >= 15 is 0 Å². The van der Waals surface area contributed by atoms with Gasteiger partial charge >= 0.3 is 5.97 Å². The number of methoxy groups -OCH3 is 1. The van der Waals surface area contributed by atoms with Crippen molar-refractivity contribution in [3.05, 3.63) is 12.3 Å². The number of hydrogen-bond acceptors (Lipinski definition) is 3. The summed E-state index contributed by atoms with van der Waals surface area (Å²) in [7, 11) is 3.27. The Kier molecular flexibility index (Phi) is 4.34. The Morgan fingerprint density at radius 1 is 1.55 bits per heavy atom. The fourth-order valence-corrected chi connectivity index (χ4v) is 0.419. The Labute approximate surface area is 67.6 Å². The third-order valence-electron chi connectivity index (χ3n) is 1.46. The second-order valence-electron chi connectivity index (χ2n) is 2.60. The molecule has 0 aromatic rings. The Morgan fingerprint density at radius 3 is 2.45 bits per heavy atom. The zero-order valence-electron chi connectivity index (χ0n) is 7.50. The van der Waals surface area contributed by atoms with E-state index in [9.17, 15) is 4.79 Å². The van der Waals surface area contributed by atoms with E-state index in [-0.39, 0.29) is 5.97 Å². The number of rotatable bonds is 3. The van der Waals surface area contributed by atoms with Gasteiger partial charge in [-0.2, -0.15) is 0 Å². The maximum absolute atomic E-state index is 10.6. The fourth-order valence-electron chi connectivity index (χ4n) is 0.419. The SMILES string of the molecule is COC(=O)C=CN(C)C(C)C. The zero-order chi connectivity index (χ0) is 8.85. The van der Waals surface area contributed by atoms with Gasteiger partial charge in [-0.25, -0.2) is 4.79 Å². The molecule has 0 bridgehead atoms. The Hall–Kier alpha value is -0.990. The molecule has 64 valence electrons. The van der Waals surface area contributed by atoms with Gasteiger partial charge in [-0.1, -0.05) is 0 Å². The molecule has 0 aliphatic rings.